The van der Waals surface area contributed by atoms with E-state index in [9.17, 15) is 0 Å². The van der Waals surface area contributed by atoms with E-state index in [0.717, 1.165) is 106 Å². The maximum Gasteiger partial charge on any atom is 0.165 e. The number of hydrogen-bond donors (Lipinski definition) is 0. The molecule has 294 valence electrons. The lowest BCUT2D eigenvalue weighted by Crippen LogP contribution is -2.48. The molecule has 0 saturated carbocycles. The van der Waals surface area contributed by atoms with Crippen molar-refractivity contribution in [3.63, 3.8) is 0 Å². The molecule has 13 heteroatoms. The topological polar surface area (TPSA) is 65.0 Å². The Morgan fingerprint density at radius 1 is 0.645 bits per heavy atom. The smallest absolute Gasteiger partial charge is 0.165 e. The average Bonchev–Trinajstić information content (AvgIpc) is 3.85. The van der Waals surface area contributed by atoms with Gasteiger partial charge in [-0.2, -0.15) is 0 Å². The normalized spacial score (nSPS) is 12.5. The Morgan fingerprint density at radius 3 is 2.13 bits per heavy atom. The van der Waals surface area contributed by atoms with Gasteiger partial charge in [0.1, 0.15) is 85.1 Å². The molecule has 3 heterocycles. The maximum absolute atomic E-state index is 6.92. The zero-order chi connectivity index (χ0) is 44.0. The lowest BCUT2D eigenvalue weighted by atomic mass is 9.65. The van der Waals surface area contributed by atoms with Gasteiger partial charge in [0.2, 0.25) is 0 Å². The fraction of sp³-hybridized carbons (Fsp3) is 0.0816. The van der Waals surface area contributed by atoms with Crippen molar-refractivity contribution in [2.75, 3.05) is 0 Å². The van der Waals surface area contributed by atoms with Crippen molar-refractivity contribution in [1.82, 2.24) is 15.0 Å². The van der Waals surface area contributed by atoms with Crippen molar-refractivity contribution in [1.29, 1.82) is 0 Å². The van der Waals surface area contributed by atoms with E-state index in [-0.39, 0.29) is 0 Å². The molecule has 0 saturated heterocycles. The van der Waals surface area contributed by atoms with Crippen LogP contribution in [0.15, 0.2) is 136 Å². The highest BCUT2D eigenvalue weighted by Gasteiger charge is 2.26. The van der Waals surface area contributed by atoms with E-state index in [1.807, 2.05) is 36.4 Å². The van der Waals surface area contributed by atoms with Crippen LogP contribution in [0.5, 0.6) is 0 Å². The van der Waals surface area contributed by atoms with Crippen molar-refractivity contribution >= 4 is 156 Å². The predicted molar refractivity (Wildman–Crippen MR) is 290 cm³/mol. The first-order chi connectivity index (χ1) is 29.8. The van der Waals surface area contributed by atoms with Gasteiger partial charge in [-0.05, 0) is 65.2 Å². The number of hydrogen-bond acceptors (Lipinski definition) is 5. The summed E-state index contributed by atoms with van der Waals surface area (Å²) in [4.78, 5) is 16.2. The fourth-order valence-electron chi connectivity index (χ4n) is 8.59. The quantitative estimate of drug-likeness (QED) is 0.103. The molecule has 8 rings (SSSR count). The summed E-state index contributed by atoms with van der Waals surface area (Å²) >= 11 is 0. The van der Waals surface area contributed by atoms with Crippen LogP contribution < -0.4 is 43.7 Å². The highest BCUT2D eigenvalue weighted by molar-refractivity contribution is 6.63. The van der Waals surface area contributed by atoms with Gasteiger partial charge in [-0.1, -0.05) is 132 Å². The molecule has 3 aromatic heterocycles. The van der Waals surface area contributed by atoms with Crippen LogP contribution in [-0.2, 0) is 0 Å². The van der Waals surface area contributed by atoms with Gasteiger partial charge < -0.3 is 8.83 Å². The minimum absolute atomic E-state index is 0.571. The van der Waals surface area contributed by atoms with Gasteiger partial charge in [0, 0.05) is 32.7 Å². The molecule has 8 aromatic rings. The van der Waals surface area contributed by atoms with Gasteiger partial charge in [0.25, 0.3) is 0 Å². The van der Waals surface area contributed by atoms with Crippen LogP contribution in [0.2, 0.25) is 0 Å². The first-order valence-corrected chi connectivity index (χ1v) is 21.5. The standard InChI is InChI=1S/C49H47B8N3O2/c1-5-7-8-9-14-24(3)26(13-6-2)20-19-25(4)47-58-48(31-23-33(51)41(54)43(56)40(31)53)60-49(59-47)39-29(27-16-12-18-36-37(27)28-15-10-11-17-35(28)61-36)21-34(52)46-38(39)30-22-32(50)42(55)44(57)45(30)62-46/h6-12,14-23H,2-3,5,13,50-57H2,1,4H3/b8-7-,14-9-,25-19+,26-20+. The monoisotopic (exact) mass is 797 g/mol. The Labute approximate surface area is 371 Å². The van der Waals surface area contributed by atoms with Crippen LogP contribution in [0.1, 0.15) is 32.5 Å². The zero-order valence-electron chi connectivity index (χ0n) is 37.8. The third kappa shape index (κ3) is 7.52. The number of para-hydroxylation sites is 1. The summed E-state index contributed by atoms with van der Waals surface area (Å²) in [6.07, 6.45) is 16.0. The number of rotatable bonds is 11. The summed E-state index contributed by atoms with van der Waals surface area (Å²) in [5, 5.41) is 4.12. The molecular weight excluding hydrogens is 749 g/mol. The van der Waals surface area contributed by atoms with Crippen molar-refractivity contribution in [3.8, 4) is 33.9 Å². The molecule has 0 aliphatic carbocycles. The van der Waals surface area contributed by atoms with Crippen LogP contribution in [0.25, 0.3) is 83.4 Å². The number of allylic oxidation sites excluding steroid dienone is 10. The summed E-state index contributed by atoms with van der Waals surface area (Å²) in [6.45, 7) is 12.6. The van der Waals surface area contributed by atoms with Crippen molar-refractivity contribution in [2.24, 2.45) is 0 Å². The van der Waals surface area contributed by atoms with E-state index in [1.54, 1.807) is 0 Å². The van der Waals surface area contributed by atoms with Gasteiger partial charge in [-0.3, -0.25) is 0 Å². The van der Waals surface area contributed by atoms with Crippen LogP contribution in [-0.4, -0.2) is 77.7 Å². The molecule has 0 atom stereocenters. The minimum Gasteiger partial charge on any atom is -0.457 e. The van der Waals surface area contributed by atoms with Gasteiger partial charge in [0.05, 0.1) is 0 Å². The molecule has 0 spiro atoms. The first-order valence-electron chi connectivity index (χ1n) is 21.5. The number of nitrogens with zero attached hydrogens (tertiary/aromatic N) is 3. The van der Waals surface area contributed by atoms with E-state index in [0.29, 0.717) is 23.9 Å². The van der Waals surface area contributed by atoms with Crippen LogP contribution in [0, 0.1) is 0 Å². The molecule has 0 fully saturated rings. The van der Waals surface area contributed by atoms with Crippen LogP contribution in [0.3, 0.4) is 0 Å². The number of aromatic nitrogens is 3. The molecular formula is C49H47B8N3O2. The summed E-state index contributed by atoms with van der Waals surface area (Å²) < 4.78 is 13.4. The van der Waals surface area contributed by atoms with Gasteiger partial charge in [-0.15, -0.1) is 17.5 Å². The van der Waals surface area contributed by atoms with E-state index < -0.39 is 0 Å². The van der Waals surface area contributed by atoms with E-state index in [4.69, 9.17) is 23.8 Å². The Kier molecular flexibility index (Phi) is 11.8. The molecule has 0 amide bonds. The number of benzene rings is 5. The lowest BCUT2D eigenvalue weighted by Gasteiger charge is -2.18. The molecule has 62 heavy (non-hydrogen) atoms. The van der Waals surface area contributed by atoms with Crippen molar-refractivity contribution < 1.29 is 8.83 Å². The summed E-state index contributed by atoms with van der Waals surface area (Å²) in [7, 11) is 17.3. The third-order valence-electron chi connectivity index (χ3n) is 12.8. The molecule has 0 bridgehead atoms. The van der Waals surface area contributed by atoms with E-state index in [1.165, 1.54) is 27.3 Å². The summed E-state index contributed by atoms with van der Waals surface area (Å²) in [5.41, 5.74) is 19.6. The van der Waals surface area contributed by atoms with Crippen molar-refractivity contribution in [3.05, 3.63) is 133 Å². The van der Waals surface area contributed by atoms with Gasteiger partial charge >= 0.3 is 0 Å². The third-order valence-corrected chi connectivity index (χ3v) is 12.8. The molecule has 5 aromatic carbocycles. The van der Waals surface area contributed by atoms with E-state index in [2.05, 4.69) is 157 Å². The number of fused-ring (bicyclic) bond motifs is 6. The lowest BCUT2D eigenvalue weighted by molar-refractivity contribution is 0.669. The SMILES string of the molecule is Bc1cc(-c2nc(/C(C)=C/C=C(\CC=C)C(=C)/C=C\C=C/CC)nc(-c3c(-c4cccc5oc6ccccc6c45)cc(B)c4oc5c(B)c(B)c(B)cc5c34)n2)c(B)c(B)c1B. The molecule has 0 N–H and O–H groups in total. The predicted octanol–water partition coefficient (Wildman–Crippen LogP) is -0.277. The van der Waals surface area contributed by atoms with Crippen LogP contribution >= 0.6 is 0 Å². The van der Waals surface area contributed by atoms with Gasteiger partial charge in [0.15, 0.2) is 17.5 Å². The second kappa shape index (κ2) is 17.2. The molecule has 5 nitrogen and oxygen atoms in total. The van der Waals surface area contributed by atoms with Gasteiger partial charge in [-0.25, -0.2) is 15.0 Å². The second-order valence-corrected chi connectivity index (χ2v) is 16.7. The fourth-order valence-corrected chi connectivity index (χ4v) is 8.59. The Bertz CT molecular complexity index is 3300. The maximum atomic E-state index is 6.92. The minimum atomic E-state index is 0.571. The first kappa shape index (κ1) is 42.4. The average molecular weight is 796 g/mol. The Balaban J connectivity index is 1.49. The Morgan fingerprint density at radius 2 is 1.35 bits per heavy atom. The van der Waals surface area contributed by atoms with E-state index >= 15 is 0 Å². The highest BCUT2D eigenvalue weighted by Crippen LogP contribution is 2.44. The Hall–Kier alpha value is -6.33. The molecule has 0 aliphatic rings. The summed E-state index contributed by atoms with van der Waals surface area (Å²) in [5.74, 6) is 1.78. The number of furan rings is 2. The largest absolute Gasteiger partial charge is 0.457 e. The molecule has 0 radical (unpaired) electrons. The second-order valence-electron chi connectivity index (χ2n) is 16.7. The zero-order valence-corrected chi connectivity index (χ0v) is 37.8. The summed E-state index contributed by atoms with van der Waals surface area (Å²) in [6, 6.07) is 21.3. The van der Waals surface area contributed by atoms with Crippen LogP contribution in [0.4, 0.5) is 0 Å². The highest BCUT2D eigenvalue weighted by atomic mass is 16.3. The molecule has 0 aliphatic heterocycles. The van der Waals surface area contributed by atoms with Crippen molar-refractivity contribution in [2.45, 2.75) is 26.7 Å². The molecule has 0 unspecified atom stereocenters.